The van der Waals surface area contributed by atoms with Gasteiger partial charge in [0.1, 0.15) is 5.69 Å². The molecular weight excluding hydrogens is 378 g/mol. The average Bonchev–Trinajstić information content (AvgIpc) is 2.81. The Kier molecular flexibility index (Phi) is 6.20. The van der Waals surface area contributed by atoms with Gasteiger partial charge in [-0.25, -0.2) is 0 Å². The van der Waals surface area contributed by atoms with E-state index in [0.717, 1.165) is 37.0 Å². The summed E-state index contributed by atoms with van der Waals surface area (Å²) in [6.07, 6.45) is 1.92. The highest BCUT2D eigenvalue weighted by Crippen LogP contribution is 2.16. The third-order valence-electron chi connectivity index (χ3n) is 5.35. The van der Waals surface area contributed by atoms with Crippen LogP contribution in [0.15, 0.2) is 66.9 Å². The molecule has 0 bridgehead atoms. The van der Waals surface area contributed by atoms with Gasteiger partial charge >= 0.3 is 0 Å². The molecule has 1 aliphatic rings. The van der Waals surface area contributed by atoms with Crippen LogP contribution in [0.25, 0.3) is 10.8 Å². The first-order valence-corrected chi connectivity index (χ1v) is 10.2. The summed E-state index contributed by atoms with van der Waals surface area (Å²) in [5.74, 6) is -0.634. The fourth-order valence-electron chi connectivity index (χ4n) is 3.68. The third-order valence-corrected chi connectivity index (χ3v) is 5.35. The molecule has 1 aromatic heterocycles. The van der Waals surface area contributed by atoms with Crippen molar-refractivity contribution >= 4 is 28.3 Å². The molecule has 2 aromatic carbocycles. The van der Waals surface area contributed by atoms with Crippen LogP contribution in [0.4, 0.5) is 5.69 Å². The fourth-order valence-corrected chi connectivity index (χ4v) is 3.68. The number of para-hydroxylation sites is 1. The summed E-state index contributed by atoms with van der Waals surface area (Å²) in [5, 5.41) is 1.68. The van der Waals surface area contributed by atoms with Gasteiger partial charge in [-0.15, -0.1) is 0 Å². The van der Waals surface area contributed by atoms with Gasteiger partial charge in [0.05, 0.1) is 0 Å². The molecule has 0 spiro atoms. The second kappa shape index (κ2) is 9.37. The number of rotatable bonds is 5. The van der Waals surface area contributed by atoms with Gasteiger partial charge in [-0.2, -0.15) is 0 Å². The number of hydrazine groups is 1. The number of carbonyl (C=O) groups excluding carboxylic acids is 2. The first-order valence-electron chi connectivity index (χ1n) is 10.2. The molecule has 2 N–H and O–H groups in total. The SMILES string of the molecule is O=C(CCN1CCN(c2ccccc2)CC1)NNC(=O)c1nccc2ccccc12. The van der Waals surface area contributed by atoms with E-state index in [9.17, 15) is 9.59 Å². The van der Waals surface area contributed by atoms with Crippen LogP contribution >= 0.6 is 0 Å². The molecule has 0 aliphatic carbocycles. The zero-order valence-corrected chi connectivity index (χ0v) is 16.8. The van der Waals surface area contributed by atoms with Crippen LogP contribution < -0.4 is 15.8 Å². The van der Waals surface area contributed by atoms with E-state index in [4.69, 9.17) is 0 Å². The van der Waals surface area contributed by atoms with Crippen molar-refractivity contribution in [2.24, 2.45) is 0 Å². The molecule has 154 valence electrons. The number of nitrogens with one attached hydrogen (secondary N) is 2. The lowest BCUT2D eigenvalue weighted by molar-refractivity contribution is -0.122. The number of piperazine rings is 1. The Morgan fingerprint density at radius 2 is 1.60 bits per heavy atom. The Balaban J connectivity index is 1.21. The highest BCUT2D eigenvalue weighted by Gasteiger charge is 2.18. The van der Waals surface area contributed by atoms with Crippen molar-refractivity contribution in [1.29, 1.82) is 0 Å². The quantitative estimate of drug-likeness (QED) is 0.639. The van der Waals surface area contributed by atoms with Gasteiger partial charge in [0.2, 0.25) is 5.91 Å². The number of carbonyl (C=O) groups is 2. The molecule has 1 saturated heterocycles. The Morgan fingerprint density at radius 3 is 2.40 bits per heavy atom. The molecule has 1 fully saturated rings. The van der Waals surface area contributed by atoms with Crippen LogP contribution in [0.5, 0.6) is 0 Å². The van der Waals surface area contributed by atoms with E-state index in [-0.39, 0.29) is 5.91 Å². The summed E-state index contributed by atoms with van der Waals surface area (Å²) >= 11 is 0. The minimum Gasteiger partial charge on any atom is -0.369 e. The molecule has 7 nitrogen and oxygen atoms in total. The topological polar surface area (TPSA) is 77.6 Å². The molecule has 7 heteroatoms. The van der Waals surface area contributed by atoms with E-state index < -0.39 is 5.91 Å². The van der Waals surface area contributed by atoms with Crippen LogP contribution in [0.1, 0.15) is 16.9 Å². The van der Waals surface area contributed by atoms with Crippen molar-refractivity contribution in [3.05, 3.63) is 72.6 Å². The van der Waals surface area contributed by atoms with Gasteiger partial charge in [0.15, 0.2) is 0 Å². The van der Waals surface area contributed by atoms with Crippen LogP contribution in [0.3, 0.4) is 0 Å². The summed E-state index contributed by atoms with van der Waals surface area (Å²) in [5.41, 5.74) is 6.52. The number of pyridine rings is 1. The lowest BCUT2D eigenvalue weighted by Crippen LogP contribution is -2.48. The van der Waals surface area contributed by atoms with Crippen LogP contribution in [0, 0.1) is 0 Å². The monoisotopic (exact) mass is 403 g/mol. The second-order valence-corrected chi connectivity index (χ2v) is 7.30. The van der Waals surface area contributed by atoms with Gasteiger partial charge in [0.25, 0.3) is 5.91 Å². The van der Waals surface area contributed by atoms with Crippen LogP contribution in [0.2, 0.25) is 0 Å². The van der Waals surface area contributed by atoms with Gasteiger partial charge in [-0.3, -0.25) is 30.3 Å². The van der Waals surface area contributed by atoms with Crippen molar-refractivity contribution < 1.29 is 9.59 Å². The molecule has 4 rings (SSSR count). The summed E-state index contributed by atoms with van der Waals surface area (Å²) in [7, 11) is 0. The van der Waals surface area contributed by atoms with E-state index in [1.807, 2.05) is 48.5 Å². The Labute approximate surface area is 175 Å². The predicted molar refractivity (Wildman–Crippen MR) is 117 cm³/mol. The maximum absolute atomic E-state index is 12.4. The van der Waals surface area contributed by atoms with Crippen molar-refractivity contribution in [3.63, 3.8) is 0 Å². The summed E-state index contributed by atoms with van der Waals surface area (Å²) < 4.78 is 0. The summed E-state index contributed by atoms with van der Waals surface area (Å²) in [4.78, 5) is 33.4. The number of benzene rings is 2. The number of aromatic nitrogens is 1. The van der Waals surface area contributed by atoms with Gasteiger partial charge < -0.3 is 4.90 Å². The largest absolute Gasteiger partial charge is 0.369 e. The predicted octanol–water partition coefficient (Wildman–Crippen LogP) is 2.21. The smallest absolute Gasteiger partial charge is 0.288 e. The van der Waals surface area contributed by atoms with Crippen molar-refractivity contribution in [2.75, 3.05) is 37.6 Å². The number of fused-ring (bicyclic) bond motifs is 1. The zero-order valence-electron chi connectivity index (χ0n) is 16.8. The Bertz CT molecular complexity index is 1010. The summed E-state index contributed by atoms with van der Waals surface area (Å²) in [6.45, 7) is 4.37. The van der Waals surface area contributed by atoms with Crippen LogP contribution in [-0.2, 0) is 4.79 Å². The number of hydrogen-bond acceptors (Lipinski definition) is 5. The molecule has 0 unspecified atom stereocenters. The Morgan fingerprint density at radius 1 is 0.867 bits per heavy atom. The minimum atomic E-state index is -0.420. The maximum Gasteiger partial charge on any atom is 0.288 e. The molecule has 0 atom stereocenters. The molecule has 0 saturated carbocycles. The highest BCUT2D eigenvalue weighted by atomic mass is 16.2. The Hall–Kier alpha value is -3.45. The van der Waals surface area contributed by atoms with Crippen molar-refractivity contribution in [2.45, 2.75) is 6.42 Å². The van der Waals surface area contributed by atoms with Gasteiger partial charge in [0, 0.05) is 56.4 Å². The second-order valence-electron chi connectivity index (χ2n) is 7.30. The summed E-state index contributed by atoms with van der Waals surface area (Å²) in [6, 6.07) is 19.7. The molecule has 2 heterocycles. The maximum atomic E-state index is 12.4. The number of hydrogen-bond donors (Lipinski definition) is 2. The lowest BCUT2D eigenvalue weighted by atomic mass is 10.1. The van der Waals surface area contributed by atoms with E-state index >= 15 is 0 Å². The molecule has 3 aromatic rings. The standard InChI is InChI=1S/C23H25N5O2/c29-21(11-13-27-14-16-28(17-15-27)19-7-2-1-3-8-19)25-26-23(30)22-20-9-5-4-6-18(20)10-12-24-22/h1-10,12H,11,13-17H2,(H,25,29)(H,26,30). The molecule has 0 radical (unpaired) electrons. The molecule has 1 aliphatic heterocycles. The number of anilines is 1. The first kappa shape index (κ1) is 19.8. The highest BCUT2D eigenvalue weighted by molar-refractivity contribution is 6.05. The van der Waals surface area contributed by atoms with Gasteiger partial charge in [-0.1, -0.05) is 42.5 Å². The van der Waals surface area contributed by atoms with Crippen molar-refractivity contribution in [1.82, 2.24) is 20.7 Å². The van der Waals surface area contributed by atoms with Crippen LogP contribution in [-0.4, -0.2) is 54.4 Å². The molecular formula is C23H25N5O2. The van der Waals surface area contributed by atoms with Crippen molar-refractivity contribution in [3.8, 4) is 0 Å². The zero-order chi connectivity index (χ0) is 20.8. The molecule has 30 heavy (non-hydrogen) atoms. The third kappa shape index (κ3) is 4.75. The molecule has 2 amide bonds. The van der Waals surface area contributed by atoms with E-state index in [2.05, 4.69) is 37.8 Å². The minimum absolute atomic E-state index is 0.214. The van der Waals surface area contributed by atoms with E-state index in [0.29, 0.717) is 18.7 Å². The fraction of sp³-hybridized carbons (Fsp3) is 0.261. The average molecular weight is 403 g/mol. The number of nitrogens with zero attached hydrogens (tertiary/aromatic N) is 3. The number of amides is 2. The normalized spacial score (nSPS) is 14.5. The lowest BCUT2D eigenvalue weighted by Gasteiger charge is -2.36. The van der Waals surface area contributed by atoms with Gasteiger partial charge in [-0.05, 0) is 23.6 Å². The van der Waals surface area contributed by atoms with E-state index in [1.54, 1.807) is 6.20 Å². The van der Waals surface area contributed by atoms with E-state index in [1.165, 1.54) is 5.69 Å². The first-order chi connectivity index (χ1) is 14.7.